The van der Waals surface area contributed by atoms with Crippen LogP contribution in [0, 0.1) is 0 Å². The second-order valence-corrected chi connectivity index (χ2v) is 6.48. The Bertz CT molecular complexity index is 907. The molecule has 0 saturated heterocycles. The van der Waals surface area contributed by atoms with Crippen molar-refractivity contribution < 1.29 is 19.1 Å². The van der Waals surface area contributed by atoms with Gasteiger partial charge in [-0.25, -0.2) is 0 Å². The Labute approximate surface area is 169 Å². The third-order valence-corrected chi connectivity index (χ3v) is 4.61. The van der Waals surface area contributed by atoms with E-state index in [1.807, 2.05) is 6.07 Å². The molecule has 29 heavy (non-hydrogen) atoms. The lowest BCUT2D eigenvalue weighted by Gasteiger charge is -2.13. The van der Waals surface area contributed by atoms with Gasteiger partial charge in [0.1, 0.15) is 0 Å². The number of anilines is 1. The smallest absolute Gasteiger partial charge is 0.261 e. The van der Waals surface area contributed by atoms with Crippen molar-refractivity contribution in [3.05, 3.63) is 53.6 Å². The van der Waals surface area contributed by atoms with E-state index >= 15 is 0 Å². The molecule has 0 aliphatic carbocycles. The van der Waals surface area contributed by atoms with Crippen LogP contribution in [0.2, 0.25) is 0 Å². The van der Waals surface area contributed by atoms with Gasteiger partial charge in [0, 0.05) is 24.8 Å². The number of fused-ring (bicyclic) bond motifs is 1. The molecule has 0 saturated carbocycles. The SMILES string of the molecule is COc1ccc(NC(N)=NCCCCN2C(=O)c3ccccc3C2=O)cc1OC. The number of guanidine groups is 1. The third-order valence-electron chi connectivity index (χ3n) is 4.61. The molecule has 8 nitrogen and oxygen atoms in total. The number of nitrogens with two attached hydrogens (primary N) is 1. The van der Waals surface area contributed by atoms with E-state index in [4.69, 9.17) is 15.2 Å². The largest absolute Gasteiger partial charge is 0.493 e. The summed E-state index contributed by atoms with van der Waals surface area (Å²) in [6, 6.07) is 12.2. The topological polar surface area (TPSA) is 106 Å². The Morgan fingerprint density at radius 1 is 1.00 bits per heavy atom. The van der Waals surface area contributed by atoms with E-state index in [1.54, 1.807) is 50.6 Å². The van der Waals surface area contributed by atoms with Crippen molar-refractivity contribution in [2.75, 3.05) is 32.6 Å². The van der Waals surface area contributed by atoms with Crippen molar-refractivity contribution >= 4 is 23.5 Å². The molecule has 152 valence electrons. The first-order chi connectivity index (χ1) is 14.0. The van der Waals surface area contributed by atoms with Crippen molar-refractivity contribution in [1.82, 2.24) is 4.90 Å². The average molecular weight is 396 g/mol. The Kier molecular flexibility index (Phi) is 6.33. The van der Waals surface area contributed by atoms with Gasteiger partial charge in [-0.05, 0) is 37.1 Å². The number of nitrogens with zero attached hydrogens (tertiary/aromatic N) is 2. The highest BCUT2D eigenvalue weighted by Gasteiger charge is 2.34. The normalized spacial score (nSPS) is 13.4. The van der Waals surface area contributed by atoms with Gasteiger partial charge in [0.15, 0.2) is 17.5 Å². The Morgan fingerprint density at radius 2 is 1.66 bits per heavy atom. The van der Waals surface area contributed by atoms with E-state index in [-0.39, 0.29) is 17.8 Å². The summed E-state index contributed by atoms with van der Waals surface area (Å²) in [5.41, 5.74) is 7.60. The molecular weight excluding hydrogens is 372 g/mol. The van der Waals surface area contributed by atoms with Crippen LogP contribution < -0.4 is 20.5 Å². The molecule has 3 N–H and O–H groups in total. The number of rotatable bonds is 8. The molecule has 0 fully saturated rings. The highest BCUT2D eigenvalue weighted by Crippen LogP contribution is 2.29. The van der Waals surface area contributed by atoms with Crippen LogP contribution in [-0.2, 0) is 0 Å². The molecule has 0 aromatic heterocycles. The molecule has 3 rings (SSSR count). The number of unbranched alkanes of at least 4 members (excludes halogenated alkanes) is 1. The highest BCUT2D eigenvalue weighted by molar-refractivity contribution is 6.21. The lowest BCUT2D eigenvalue weighted by Crippen LogP contribution is -2.30. The van der Waals surface area contributed by atoms with Crippen molar-refractivity contribution in [3.63, 3.8) is 0 Å². The number of hydrogen-bond donors (Lipinski definition) is 2. The Hall–Kier alpha value is -3.55. The predicted molar refractivity (Wildman–Crippen MR) is 111 cm³/mol. The number of aliphatic imine (C=N–C) groups is 1. The number of amides is 2. The zero-order valence-corrected chi connectivity index (χ0v) is 16.5. The van der Waals surface area contributed by atoms with Crippen molar-refractivity contribution in [2.24, 2.45) is 10.7 Å². The van der Waals surface area contributed by atoms with Crippen LogP contribution in [0.3, 0.4) is 0 Å². The minimum atomic E-state index is -0.233. The summed E-state index contributed by atoms with van der Waals surface area (Å²) in [6.45, 7) is 0.847. The Morgan fingerprint density at radius 3 is 2.28 bits per heavy atom. The van der Waals surface area contributed by atoms with Crippen molar-refractivity contribution in [3.8, 4) is 11.5 Å². The number of carbonyl (C=O) groups excluding carboxylic acids is 2. The summed E-state index contributed by atoms with van der Waals surface area (Å²) >= 11 is 0. The van der Waals surface area contributed by atoms with E-state index in [1.165, 1.54) is 4.90 Å². The van der Waals surface area contributed by atoms with Crippen molar-refractivity contribution in [2.45, 2.75) is 12.8 Å². The van der Waals surface area contributed by atoms with Gasteiger partial charge in [-0.15, -0.1) is 0 Å². The molecule has 0 unspecified atom stereocenters. The second kappa shape index (κ2) is 9.09. The number of ether oxygens (including phenoxy) is 2. The monoisotopic (exact) mass is 396 g/mol. The summed E-state index contributed by atoms with van der Waals surface area (Å²) in [4.78, 5) is 30.2. The van der Waals surface area contributed by atoms with Gasteiger partial charge in [0.05, 0.1) is 25.3 Å². The molecule has 0 atom stereocenters. The summed E-state index contributed by atoms with van der Waals surface area (Å²) in [5.74, 6) is 1.03. The molecule has 1 aliphatic rings. The minimum Gasteiger partial charge on any atom is -0.493 e. The zero-order chi connectivity index (χ0) is 20.8. The minimum absolute atomic E-state index is 0.233. The number of methoxy groups -OCH3 is 2. The number of hydrogen-bond acceptors (Lipinski definition) is 5. The van der Waals surface area contributed by atoms with Crippen LogP contribution >= 0.6 is 0 Å². The van der Waals surface area contributed by atoms with Gasteiger partial charge in [-0.3, -0.25) is 19.5 Å². The molecule has 0 spiro atoms. The average Bonchev–Trinajstić information content (AvgIpc) is 2.98. The lowest BCUT2D eigenvalue weighted by molar-refractivity contribution is 0.0652. The molecule has 1 heterocycles. The van der Waals surface area contributed by atoms with Gasteiger partial charge < -0.3 is 20.5 Å². The number of carbonyl (C=O) groups is 2. The molecule has 8 heteroatoms. The predicted octanol–water partition coefficient (Wildman–Crippen LogP) is 2.51. The number of nitrogens with one attached hydrogen (secondary N) is 1. The first-order valence-electron chi connectivity index (χ1n) is 9.29. The summed E-state index contributed by atoms with van der Waals surface area (Å²) < 4.78 is 10.5. The van der Waals surface area contributed by atoms with E-state index in [2.05, 4.69) is 10.3 Å². The maximum atomic E-state index is 12.3. The van der Waals surface area contributed by atoms with Crippen LogP contribution in [0.25, 0.3) is 0 Å². The fourth-order valence-electron chi connectivity index (χ4n) is 3.12. The molecule has 0 radical (unpaired) electrons. The molecular formula is C21H24N4O4. The van der Waals surface area contributed by atoms with Gasteiger partial charge in [-0.2, -0.15) is 0 Å². The quantitative estimate of drug-likeness (QED) is 0.307. The van der Waals surface area contributed by atoms with Crippen LogP contribution in [0.4, 0.5) is 5.69 Å². The molecule has 0 bridgehead atoms. The van der Waals surface area contributed by atoms with Gasteiger partial charge in [0.2, 0.25) is 0 Å². The summed E-state index contributed by atoms with van der Waals surface area (Å²) in [7, 11) is 3.14. The van der Waals surface area contributed by atoms with Gasteiger partial charge >= 0.3 is 0 Å². The van der Waals surface area contributed by atoms with Crippen LogP contribution in [0.5, 0.6) is 11.5 Å². The molecule has 2 aromatic carbocycles. The molecule has 1 aliphatic heterocycles. The van der Waals surface area contributed by atoms with Crippen LogP contribution in [0.1, 0.15) is 33.6 Å². The highest BCUT2D eigenvalue weighted by atomic mass is 16.5. The van der Waals surface area contributed by atoms with E-state index in [9.17, 15) is 9.59 Å². The first kappa shape index (κ1) is 20.2. The van der Waals surface area contributed by atoms with Gasteiger partial charge in [-0.1, -0.05) is 12.1 Å². The van der Waals surface area contributed by atoms with Crippen LogP contribution in [-0.4, -0.2) is 50.0 Å². The van der Waals surface area contributed by atoms with Crippen LogP contribution in [0.15, 0.2) is 47.5 Å². The summed E-state index contributed by atoms with van der Waals surface area (Å²) in [5, 5.41) is 3.00. The maximum absolute atomic E-state index is 12.3. The standard InChI is InChI=1S/C21H24N4O4/c1-28-17-10-9-14(13-18(17)29-2)24-21(22)23-11-5-6-12-25-19(26)15-7-3-4-8-16(15)20(25)27/h3-4,7-10,13H,5-6,11-12H2,1-2H3,(H3,22,23,24). The van der Waals surface area contributed by atoms with Gasteiger partial charge in [0.25, 0.3) is 11.8 Å². The number of benzene rings is 2. The lowest BCUT2D eigenvalue weighted by atomic mass is 10.1. The molecule has 2 amide bonds. The molecule has 2 aromatic rings. The first-order valence-corrected chi connectivity index (χ1v) is 9.29. The van der Waals surface area contributed by atoms with E-state index in [0.717, 1.165) is 5.69 Å². The van der Waals surface area contributed by atoms with E-state index < -0.39 is 0 Å². The number of imide groups is 1. The fourth-order valence-corrected chi connectivity index (χ4v) is 3.12. The Balaban J connectivity index is 1.46. The fraction of sp³-hybridized carbons (Fsp3) is 0.286. The zero-order valence-electron chi connectivity index (χ0n) is 16.5. The van der Waals surface area contributed by atoms with E-state index in [0.29, 0.717) is 48.6 Å². The second-order valence-electron chi connectivity index (χ2n) is 6.48. The van der Waals surface area contributed by atoms with Crippen molar-refractivity contribution in [1.29, 1.82) is 0 Å². The third kappa shape index (κ3) is 4.48. The maximum Gasteiger partial charge on any atom is 0.261 e. The summed E-state index contributed by atoms with van der Waals surface area (Å²) in [6.07, 6.45) is 1.35.